The summed E-state index contributed by atoms with van der Waals surface area (Å²) in [4.78, 5) is 35.7. The number of carbonyl (C=O) groups excluding carboxylic acids is 2. The number of primary amides is 1. The number of amides is 2. The van der Waals surface area contributed by atoms with Crippen molar-refractivity contribution in [3.8, 4) is 0 Å². The van der Waals surface area contributed by atoms with Crippen LogP contribution in [0.2, 0.25) is 0 Å². The second kappa shape index (κ2) is 7.46. The summed E-state index contributed by atoms with van der Waals surface area (Å²) in [5.41, 5.74) is 7.04. The molecule has 2 amide bonds. The summed E-state index contributed by atoms with van der Waals surface area (Å²) >= 11 is 2.35. The first-order valence-corrected chi connectivity index (χ1v) is 9.75. The summed E-state index contributed by atoms with van der Waals surface area (Å²) in [7, 11) is 0. The molecule has 26 heavy (non-hydrogen) atoms. The Hall–Kier alpha value is -2.40. The summed E-state index contributed by atoms with van der Waals surface area (Å²) in [6, 6.07) is 0. The van der Waals surface area contributed by atoms with Gasteiger partial charge in [-0.25, -0.2) is 0 Å². The van der Waals surface area contributed by atoms with E-state index in [9.17, 15) is 19.7 Å². The minimum Gasteiger partial charge on any atom is -0.365 e. The summed E-state index contributed by atoms with van der Waals surface area (Å²) in [6.45, 7) is 1.55. The molecule has 0 aliphatic heterocycles. The highest BCUT2D eigenvalue weighted by molar-refractivity contribution is 8.00. The van der Waals surface area contributed by atoms with E-state index in [0.717, 1.165) is 47.9 Å². The fraction of sp³-hybridized carbons (Fsp3) is 0.400. The van der Waals surface area contributed by atoms with Crippen LogP contribution in [0.5, 0.6) is 0 Å². The smallest absolute Gasteiger partial charge is 0.323 e. The van der Waals surface area contributed by atoms with E-state index in [-0.39, 0.29) is 22.4 Å². The number of fused-ring (bicyclic) bond motifs is 1. The Kier molecular flexibility index (Phi) is 5.28. The Balaban J connectivity index is 1.72. The SMILES string of the molecule is Cc1[nH]nc(SCC(=O)Nc2sc3c(c2C(N)=O)CCCC3)c1[N+](=O)[O-]. The molecule has 0 bridgehead atoms. The number of nitrogens with one attached hydrogen (secondary N) is 2. The number of thiophene rings is 1. The molecule has 0 saturated carbocycles. The number of nitrogens with zero attached hydrogens (tertiary/aromatic N) is 2. The van der Waals surface area contributed by atoms with Crippen molar-refractivity contribution < 1.29 is 14.5 Å². The number of anilines is 1. The van der Waals surface area contributed by atoms with Crippen molar-refractivity contribution in [3.05, 3.63) is 31.8 Å². The fourth-order valence-electron chi connectivity index (χ4n) is 2.93. The minimum absolute atomic E-state index is 0.0636. The molecule has 0 spiro atoms. The first-order chi connectivity index (χ1) is 12.4. The molecular formula is C15H17N5O4S2. The molecule has 0 aromatic carbocycles. The van der Waals surface area contributed by atoms with Crippen LogP contribution in [0.4, 0.5) is 10.7 Å². The van der Waals surface area contributed by atoms with E-state index >= 15 is 0 Å². The number of aryl methyl sites for hydroxylation is 2. The summed E-state index contributed by atoms with van der Waals surface area (Å²) in [5.74, 6) is -0.983. The van der Waals surface area contributed by atoms with Gasteiger partial charge in [0, 0.05) is 4.88 Å². The minimum atomic E-state index is -0.550. The van der Waals surface area contributed by atoms with Gasteiger partial charge in [0.05, 0.1) is 16.2 Å². The van der Waals surface area contributed by atoms with Crippen molar-refractivity contribution in [2.75, 3.05) is 11.1 Å². The Morgan fingerprint density at radius 3 is 2.85 bits per heavy atom. The van der Waals surface area contributed by atoms with Crippen LogP contribution in [0, 0.1) is 17.0 Å². The van der Waals surface area contributed by atoms with Crippen molar-refractivity contribution in [1.29, 1.82) is 0 Å². The average molecular weight is 395 g/mol. The van der Waals surface area contributed by atoms with Crippen LogP contribution in [-0.2, 0) is 17.6 Å². The van der Waals surface area contributed by atoms with Gasteiger partial charge in [0.2, 0.25) is 5.91 Å². The van der Waals surface area contributed by atoms with Crippen LogP contribution < -0.4 is 11.1 Å². The second-order valence-electron chi connectivity index (χ2n) is 5.88. The summed E-state index contributed by atoms with van der Waals surface area (Å²) in [6.07, 6.45) is 3.71. The molecular weight excluding hydrogens is 378 g/mol. The number of carbonyl (C=O) groups is 2. The average Bonchev–Trinajstić information content (AvgIpc) is 3.12. The zero-order valence-corrected chi connectivity index (χ0v) is 15.6. The van der Waals surface area contributed by atoms with Crippen LogP contribution in [0.25, 0.3) is 0 Å². The lowest BCUT2D eigenvalue weighted by molar-refractivity contribution is -0.388. The molecule has 2 heterocycles. The standard InChI is InChI=1S/C15H17N5O4S2/c1-7-12(20(23)24)15(19-18-7)25-6-10(21)17-14-11(13(16)22)8-4-2-3-5-9(8)26-14/h2-6H2,1H3,(H2,16,22)(H,17,21)(H,18,19). The van der Waals surface area contributed by atoms with Gasteiger partial charge in [-0.1, -0.05) is 11.8 Å². The van der Waals surface area contributed by atoms with E-state index in [2.05, 4.69) is 15.5 Å². The van der Waals surface area contributed by atoms with E-state index in [0.29, 0.717) is 16.3 Å². The molecule has 9 nitrogen and oxygen atoms in total. The van der Waals surface area contributed by atoms with Gasteiger partial charge in [-0.15, -0.1) is 11.3 Å². The van der Waals surface area contributed by atoms with Gasteiger partial charge < -0.3 is 11.1 Å². The molecule has 1 aliphatic rings. The molecule has 0 atom stereocenters. The van der Waals surface area contributed by atoms with Gasteiger partial charge in [-0.05, 0) is 38.2 Å². The molecule has 4 N–H and O–H groups in total. The summed E-state index contributed by atoms with van der Waals surface area (Å²) in [5, 5.41) is 20.8. The van der Waals surface area contributed by atoms with Crippen molar-refractivity contribution >= 4 is 45.6 Å². The topological polar surface area (TPSA) is 144 Å². The van der Waals surface area contributed by atoms with Crippen molar-refractivity contribution in [3.63, 3.8) is 0 Å². The molecule has 1 aliphatic carbocycles. The molecule has 2 aromatic heterocycles. The van der Waals surface area contributed by atoms with Gasteiger partial charge in [0.25, 0.3) is 5.91 Å². The maximum absolute atomic E-state index is 12.3. The van der Waals surface area contributed by atoms with Crippen LogP contribution >= 0.6 is 23.1 Å². The van der Waals surface area contributed by atoms with Gasteiger partial charge in [-0.3, -0.25) is 24.8 Å². The quantitative estimate of drug-likeness (QED) is 0.389. The first-order valence-electron chi connectivity index (χ1n) is 7.94. The Morgan fingerprint density at radius 1 is 1.42 bits per heavy atom. The molecule has 3 rings (SSSR count). The van der Waals surface area contributed by atoms with Crippen LogP contribution in [-0.4, -0.2) is 32.7 Å². The predicted molar refractivity (Wildman–Crippen MR) is 98.8 cm³/mol. The van der Waals surface area contributed by atoms with Gasteiger partial charge >= 0.3 is 5.69 Å². The lowest BCUT2D eigenvalue weighted by Crippen LogP contribution is -2.19. The number of rotatable bonds is 6. The van der Waals surface area contributed by atoms with Crippen molar-refractivity contribution in [2.45, 2.75) is 37.6 Å². The third kappa shape index (κ3) is 3.58. The normalized spacial score (nSPS) is 13.3. The Morgan fingerprint density at radius 2 is 2.15 bits per heavy atom. The fourth-order valence-corrected chi connectivity index (χ4v) is 5.05. The highest BCUT2D eigenvalue weighted by Gasteiger charge is 2.26. The third-order valence-corrected chi connectivity index (χ3v) is 6.25. The number of nitrogens with two attached hydrogens (primary N) is 1. The van der Waals surface area contributed by atoms with E-state index < -0.39 is 10.8 Å². The van der Waals surface area contributed by atoms with Crippen molar-refractivity contribution in [2.24, 2.45) is 5.73 Å². The highest BCUT2D eigenvalue weighted by atomic mass is 32.2. The van der Waals surface area contributed by atoms with E-state index in [1.54, 1.807) is 6.92 Å². The lowest BCUT2D eigenvalue weighted by atomic mass is 9.95. The molecule has 138 valence electrons. The van der Waals surface area contributed by atoms with Crippen LogP contribution in [0.1, 0.15) is 39.3 Å². The van der Waals surface area contributed by atoms with E-state index in [1.807, 2.05) is 0 Å². The summed E-state index contributed by atoms with van der Waals surface area (Å²) < 4.78 is 0. The van der Waals surface area contributed by atoms with Gasteiger partial charge in [0.15, 0.2) is 5.03 Å². The maximum atomic E-state index is 12.3. The largest absolute Gasteiger partial charge is 0.365 e. The zero-order chi connectivity index (χ0) is 18.8. The molecule has 0 fully saturated rings. The number of aromatic nitrogens is 2. The molecule has 0 radical (unpaired) electrons. The van der Waals surface area contributed by atoms with E-state index in [1.165, 1.54) is 11.3 Å². The molecule has 0 saturated heterocycles. The van der Waals surface area contributed by atoms with Gasteiger partial charge in [-0.2, -0.15) is 5.10 Å². The number of hydrogen-bond acceptors (Lipinski definition) is 7. The number of aromatic amines is 1. The molecule has 11 heteroatoms. The zero-order valence-electron chi connectivity index (χ0n) is 14.0. The van der Waals surface area contributed by atoms with Crippen molar-refractivity contribution in [1.82, 2.24) is 10.2 Å². The highest BCUT2D eigenvalue weighted by Crippen LogP contribution is 2.38. The van der Waals surface area contributed by atoms with Gasteiger partial charge in [0.1, 0.15) is 10.7 Å². The second-order valence-corrected chi connectivity index (χ2v) is 7.94. The Bertz CT molecular complexity index is 889. The molecule has 0 unspecified atom stereocenters. The first kappa shape index (κ1) is 18.4. The number of hydrogen-bond donors (Lipinski definition) is 3. The monoisotopic (exact) mass is 395 g/mol. The lowest BCUT2D eigenvalue weighted by Gasteiger charge is -2.11. The number of nitro groups is 1. The number of H-pyrrole nitrogens is 1. The maximum Gasteiger partial charge on any atom is 0.323 e. The Labute approximate surface area is 156 Å². The van der Waals surface area contributed by atoms with E-state index in [4.69, 9.17) is 5.73 Å². The van der Waals surface area contributed by atoms with Crippen LogP contribution in [0.3, 0.4) is 0 Å². The third-order valence-electron chi connectivity index (χ3n) is 4.08. The number of thioether (sulfide) groups is 1. The predicted octanol–water partition coefficient (Wildman–Crippen LogP) is 2.40. The van der Waals surface area contributed by atoms with Crippen LogP contribution in [0.15, 0.2) is 5.03 Å². The molecule has 2 aromatic rings.